The molecule has 0 bridgehead atoms. The number of aliphatic carboxylic acids is 2. The molecule has 5 nitrogen and oxygen atoms in total. The van der Waals surface area contributed by atoms with Gasteiger partial charge in [-0.05, 0) is 58.8 Å². The van der Waals surface area contributed by atoms with Crippen LogP contribution in [0.4, 0.5) is 0 Å². The molecule has 0 unspecified atom stereocenters. The number of nitrogens with zero attached hydrogens (tertiary/aromatic N) is 1. The molecule has 0 aromatic heterocycles. The van der Waals surface area contributed by atoms with Gasteiger partial charge in [0, 0.05) is 11.9 Å². The van der Waals surface area contributed by atoms with E-state index < -0.39 is 11.9 Å². The van der Waals surface area contributed by atoms with E-state index in [1.54, 1.807) is 0 Å². The Balaban J connectivity index is -0.00000110. The Morgan fingerprint density at radius 2 is 0.692 bits per heavy atom. The zero-order valence-corrected chi connectivity index (χ0v) is 29.2. The Kier molecular flexibility index (Phi) is 37.9. The molecule has 0 aliphatic heterocycles. The molecular weight excluding hydrogens is 497 g/mol. The summed E-state index contributed by atoms with van der Waals surface area (Å²) >= 11 is 0. The monoisotopic (exact) mass is 563 g/mol. The molecule has 0 aliphatic rings. The molecule has 0 rings (SSSR count). The molecule has 0 spiro atoms. The van der Waals surface area contributed by atoms with Crippen molar-refractivity contribution in [1.82, 2.24) is 0 Å². The predicted octanol–water partition coefficient (Wildman–Crippen LogP) is 4.35. The van der Waals surface area contributed by atoms with Gasteiger partial charge in [0.25, 0.3) is 0 Å². The third-order valence-electron chi connectivity index (χ3n) is 8.08. The third kappa shape index (κ3) is 34.0. The molecule has 0 saturated carbocycles. The summed E-state index contributed by atoms with van der Waals surface area (Å²) in [7, 11) is 0. The van der Waals surface area contributed by atoms with Crippen molar-refractivity contribution in [3.8, 4) is 0 Å². The average Bonchev–Trinajstić information content (AvgIpc) is 2.89. The number of quaternary nitrogens is 1. The summed E-state index contributed by atoms with van der Waals surface area (Å²) in [5.41, 5.74) is 0. The van der Waals surface area contributed by atoms with Crippen LogP contribution in [0.2, 0.25) is 0 Å². The van der Waals surface area contributed by atoms with Crippen molar-refractivity contribution in [2.45, 2.75) is 175 Å². The molecule has 0 heterocycles. The molecule has 0 aromatic carbocycles. The van der Waals surface area contributed by atoms with Gasteiger partial charge in [-0.15, -0.1) is 0 Å². The summed E-state index contributed by atoms with van der Waals surface area (Å²) in [6.45, 7) is 15.0. The van der Waals surface area contributed by atoms with E-state index in [0.717, 1.165) is 0 Å². The van der Waals surface area contributed by atoms with Crippen LogP contribution in [0, 0.1) is 0 Å². The zero-order chi connectivity index (χ0) is 28.7. The molecule has 0 saturated heterocycles. The second-order valence-corrected chi connectivity index (χ2v) is 11.4. The molecule has 228 valence electrons. The van der Waals surface area contributed by atoms with Crippen LogP contribution >= 0.6 is 0 Å². The standard InChI is InChI=1S/C28H60N.C5H8O4.Na/c1-5-9-11-13-15-17-19-21-23-25-27-29(7-3,8-4)28-26-24-22-20-18-16-14-12-10-6-2;6-4(7)2-1-3-5(8)9;/h5-28H2,1-4H3;1-3H2,(H,6,7)(H,8,9);/q+1;;+1/p-2. The van der Waals surface area contributed by atoms with Gasteiger partial charge in [-0.2, -0.15) is 0 Å². The van der Waals surface area contributed by atoms with Crippen LogP contribution in [0.3, 0.4) is 0 Å². The first-order valence-corrected chi connectivity index (χ1v) is 16.6. The van der Waals surface area contributed by atoms with Gasteiger partial charge in [0.2, 0.25) is 0 Å². The van der Waals surface area contributed by atoms with Crippen molar-refractivity contribution in [2.24, 2.45) is 0 Å². The van der Waals surface area contributed by atoms with Crippen molar-refractivity contribution in [3.05, 3.63) is 0 Å². The molecule has 6 heteroatoms. The van der Waals surface area contributed by atoms with E-state index in [2.05, 4.69) is 27.7 Å². The van der Waals surface area contributed by atoms with Gasteiger partial charge in [-0.25, -0.2) is 0 Å². The maximum atomic E-state index is 9.66. The number of carbonyl (C=O) groups is 2. The second kappa shape index (κ2) is 34.1. The third-order valence-corrected chi connectivity index (χ3v) is 8.08. The molecule has 0 amide bonds. The van der Waals surface area contributed by atoms with Gasteiger partial charge in [0.15, 0.2) is 0 Å². The fourth-order valence-corrected chi connectivity index (χ4v) is 5.21. The largest absolute Gasteiger partial charge is 1.00 e. The number of hydrogen-bond donors (Lipinski definition) is 0. The quantitative estimate of drug-likeness (QED) is 0.0806. The fraction of sp³-hybridized carbons (Fsp3) is 0.939. The van der Waals surface area contributed by atoms with Crippen molar-refractivity contribution in [1.29, 1.82) is 0 Å². The number of carboxylic acid groups (broad SMARTS) is 2. The minimum atomic E-state index is -1.23. The van der Waals surface area contributed by atoms with Crippen LogP contribution in [-0.2, 0) is 9.59 Å². The maximum Gasteiger partial charge on any atom is 1.00 e. The fourth-order valence-electron chi connectivity index (χ4n) is 5.21. The summed E-state index contributed by atoms with van der Waals surface area (Å²) in [6, 6.07) is 0. The van der Waals surface area contributed by atoms with Gasteiger partial charge in [-0.3, -0.25) is 0 Å². The summed E-state index contributed by atoms with van der Waals surface area (Å²) < 4.78 is 1.38. The summed E-state index contributed by atoms with van der Waals surface area (Å²) in [4.78, 5) is 19.3. The van der Waals surface area contributed by atoms with Gasteiger partial charge in [0.1, 0.15) is 0 Å². The Bertz CT molecular complexity index is 472. The maximum absolute atomic E-state index is 9.66. The van der Waals surface area contributed by atoms with E-state index in [9.17, 15) is 19.8 Å². The number of carbonyl (C=O) groups excluding carboxylic acids is 2. The Hall–Kier alpha value is -0.100. The normalized spacial score (nSPS) is 11.0. The van der Waals surface area contributed by atoms with E-state index in [-0.39, 0.29) is 48.8 Å². The molecule has 39 heavy (non-hydrogen) atoms. The SMILES string of the molecule is CCCCCCCCCCCC[N+](CC)(CC)CCCCCCCCCCCC.O=C([O-])CCCC(=O)[O-].[Na+]. The predicted molar refractivity (Wildman–Crippen MR) is 159 cm³/mol. The van der Waals surface area contributed by atoms with Gasteiger partial charge in [0.05, 0.1) is 26.2 Å². The molecule has 0 N–H and O–H groups in total. The van der Waals surface area contributed by atoms with Crippen molar-refractivity contribution in [2.75, 3.05) is 26.2 Å². The summed E-state index contributed by atoms with van der Waals surface area (Å²) in [5, 5.41) is 19.3. The van der Waals surface area contributed by atoms with Crippen LogP contribution in [-0.4, -0.2) is 42.6 Å². The number of rotatable bonds is 28. The van der Waals surface area contributed by atoms with Crippen LogP contribution in [0.5, 0.6) is 0 Å². The molecule has 0 aliphatic carbocycles. The van der Waals surface area contributed by atoms with E-state index in [0.29, 0.717) is 0 Å². The van der Waals surface area contributed by atoms with E-state index in [4.69, 9.17) is 0 Å². The smallest absolute Gasteiger partial charge is 0.550 e. The van der Waals surface area contributed by atoms with Crippen molar-refractivity contribution < 1.29 is 53.8 Å². The van der Waals surface area contributed by atoms with E-state index in [1.807, 2.05) is 0 Å². The topological polar surface area (TPSA) is 80.3 Å². The molecular formula is C33H66NNaO4. The minimum Gasteiger partial charge on any atom is -0.550 e. The van der Waals surface area contributed by atoms with E-state index in [1.165, 1.54) is 159 Å². The first kappa shape index (κ1) is 43.4. The number of hydrogen-bond acceptors (Lipinski definition) is 4. The first-order valence-electron chi connectivity index (χ1n) is 16.6. The zero-order valence-electron chi connectivity index (χ0n) is 27.2. The average molecular weight is 564 g/mol. The van der Waals surface area contributed by atoms with Gasteiger partial charge in [-0.1, -0.05) is 117 Å². The Labute approximate surface area is 266 Å². The van der Waals surface area contributed by atoms with Crippen molar-refractivity contribution >= 4 is 11.9 Å². The summed E-state index contributed by atoms with van der Waals surface area (Å²) in [6.07, 6.45) is 28.8. The minimum absolute atomic E-state index is 0. The van der Waals surface area contributed by atoms with Crippen LogP contribution in [0.15, 0.2) is 0 Å². The Morgan fingerprint density at radius 1 is 0.436 bits per heavy atom. The molecule has 0 aromatic rings. The number of carboxylic acids is 2. The van der Waals surface area contributed by atoms with Crippen LogP contribution < -0.4 is 39.8 Å². The second-order valence-electron chi connectivity index (χ2n) is 11.4. The Morgan fingerprint density at radius 3 is 0.923 bits per heavy atom. The van der Waals surface area contributed by atoms with Gasteiger partial charge < -0.3 is 24.3 Å². The van der Waals surface area contributed by atoms with E-state index >= 15 is 0 Å². The van der Waals surface area contributed by atoms with Crippen molar-refractivity contribution in [3.63, 3.8) is 0 Å². The summed E-state index contributed by atoms with van der Waals surface area (Å²) in [5.74, 6) is -2.45. The van der Waals surface area contributed by atoms with Gasteiger partial charge >= 0.3 is 29.6 Å². The molecule has 0 radical (unpaired) electrons. The molecule has 0 atom stereocenters. The number of unbranched alkanes of at least 4 members (excludes halogenated alkanes) is 18. The first-order chi connectivity index (χ1) is 18.4. The molecule has 0 fully saturated rings. The van der Waals surface area contributed by atoms with Crippen LogP contribution in [0.1, 0.15) is 175 Å². The van der Waals surface area contributed by atoms with Crippen LogP contribution in [0.25, 0.3) is 0 Å².